The molecule has 0 N–H and O–H groups in total. The van der Waals surface area contributed by atoms with Crippen LogP contribution in [0.3, 0.4) is 0 Å². The number of hydrogen-bond acceptors (Lipinski definition) is 1. The van der Waals surface area contributed by atoms with Gasteiger partial charge in [0.15, 0.2) is 0 Å². The molecule has 0 bridgehead atoms. The Morgan fingerprint density at radius 3 is 2.38 bits per heavy atom. The molecule has 70 valence electrons. The minimum absolute atomic E-state index is 0.801. The number of anilines is 1. The van der Waals surface area contributed by atoms with Crippen LogP contribution in [0.4, 0.5) is 5.69 Å². The summed E-state index contributed by atoms with van der Waals surface area (Å²) in [5, 5.41) is 0.945. The van der Waals surface area contributed by atoms with Crippen molar-refractivity contribution in [2.24, 2.45) is 0 Å². The van der Waals surface area contributed by atoms with Crippen LogP contribution in [0.5, 0.6) is 0 Å². The summed E-state index contributed by atoms with van der Waals surface area (Å²) < 4.78 is 0. The fourth-order valence-electron chi connectivity index (χ4n) is 1.49. The van der Waals surface area contributed by atoms with E-state index in [0.717, 1.165) is 11.4 Å². The molecule has 1 saturated carbocycles. The Morgan fingerprint density at radius 2 is 1.92 bits per heavy atom. The number of benzene rings is 1. The van der Waals surface area contributed by atoms with E-state index in [-0.39, 0.29) is 0 Å². The largest absolute Gasteiger partial charge is 0.372 e. The molecule has 0 amide bonds. The molecular weight excluding hydrogens is 226 g/mol. The van der Waals surface area contributed by atoms with Gasteiger partial charge in [-0.1, -0.05) is 28.1 Å². The lowest BCUT2D eigenvalue weighted by Crippen LogP contribution is -2.19. The van der Waals surface area contributed by atoms with Gasteiger partial charge in [-0.2, -0.15) is 0 Å². The van der Waals surface area contributed by atoms with Crippen molar-refractivity contribution in [1.82, 2.24) is 0 Å². The summed E-state index contributed by atoms with van der Waals surface area (Å²) in [4.78, 5) is 2.37. The molecule has 1 fully saturated rings. The van der Waals surface area contributed by atoms with Crippen LogP contribution < -0.4 is 4.90 Å². The molecule has 0 aliphatic heterocycles. The first-order valence-electron chi connectivity index (χ1n) is 4.69. The average molecular weight is 240 g/mol. The van der Waals surface area contributed by atoms with Gasteiger partial charge in [-0.15, -0.1) is 0 Å². The van der Waals surface area contributed by atoms with Gasteiger partial charge in [0.1, 0.15) is 0 Å². The van der Waals surface area contributed by atoms with Crippen LogP contribution in [0, 0.1) is 0 Å². The smallest absolute Gasteiger partial charge is 0.0366 e. The van der Waals surface area contributed by atoms with E-state index in [2.05, 4.69) is 52.1 Å². The fourth-order valence-corrected chi connectivity index (χ4v) is 1.87. The van der Waals surface area contributed by atoms with Gasteiger partial charge in [0.2, 0.25) is 0 Å². The third-order valence-electron chi connectivity index (χ3n) is 2.59. The molecule has 1 nitrogen and oxygen atoms in total. The molecule has 0 heterocycles. The molecule has 2 heteroatoms. The highest BCUT2D eigenvalue weighted by molar-refractivity contribution is 9.08. The lowest BCUT2D eigenvalue weighted by Gasteiger charge is -2.18. The zero-order valence-corrected chi connectivity index (χ0v) is 9.42. The summed E-state index contributed by atoms with van der Waals surface area (Å²) in [5.74, 6) is 0. The lowest BCUT2D eigenvalue weighted by atomic mass is 10.2. The summed E-state index contributed by atoms with van der Waals surface area (Å²) in [5.41, 5.74) is 2.68. The van der Waals surface area contributed by atoms with Crippen molar-refractivity contribution in [3.05, 3.63) is 29.8 Å². The van der Waals surface area contributed by atoms with Crippen LogP contribution in [-0.4, -0.2) is 13.1 Å². The molecule has 1 aromatic rings. The molecule has 13 heavy (non-hydrogen) atoms. The van der Waals surface area contributed by atoms with Gasteiger partial charge >= 0.3 is 0 Å². The van der Waals surface area contributed by atoms with E-state index >= 15 is 0 Å². The molecule has 1 aliphatic carbocycles. The second-order valence-corrected chi connectivity index (χ2v) is 4.20. The maximum atomic E-state index is 3.45. The van der Waals surface area contributed by atoms with E-state index in [1.807, 2.05) is 0 Å². The second kappa shape index (κ2) is 3.70. The van der Waals surface area contributed by atoms with E-state index in [9.17, 15) is 0 Å². The molecule has 0 radical (unpaired) electrons. The maximum absolute atomic E-state index is 3.45. The Morgan fingerprint density at radius 1 is 1.31 bits per heavy atom. The highest BCUT2D eigenvalue weighted by Gasteiger charge is 2.26. The van der Waals surface area contributed by atoms with E-state index in [0.29, 0.717) is 0 Å². The summed E-state index contributed by atoms with van der Waals surface area (Å²) in [6, 6.07) is 9.57. The molecule has 0 spiro atoms. The topological polar surface area (TPSA) is 3.24 Å². The van der Waals surface area contributed by atoms with Crippen molar-refractivity contribution >= 4 is 21.6 Å². The second-order valence-electron chi connectivity index (χ2n) is 3.64. The van der Waals surface area contributed by atoms with Crippen molar-refractivity contribution in [3.8, 4) is 0 Å². The minimum atomic E-state index is 0.801. The van der Waals surface area contributed by atoms with Crippen LogP contribution in [-0.2, 0) is 5.33 Å². The molecular formula is C11H14BrN. The molecule has 0 unspecified atom stereocenters. The van der Waals surface area contributed by atoms with Crippen LogP contribution in [0.2, 0.25) is 0 Å². The van der Waals surface area contributed by atoms with Gasteiger partial charge < -0.3 is 4.90 Å². The van der Waals surface area contributed by atoms with Gasteiger partial charge in [0.05, 0.1) is 0 Å². The zero-order valence-electron chi connectivity index (χ0n) is 7.83. The van der Waals surface area contributed by atoms with Crippen LogP contribution in [0.1, 0.15) is 18.4 Å². The number of halogens is 1. The van der Waals surface area contributed by atoms with Crippen molar-refractivity contribution < 1.29 is 0 Å². The lowest BCUT2D eigenvalue weighted by molar-refractivity contribution is 0.917. The third kappa shape index (κ3) is 2.05. The van der Waals surface area contributed by atoms with Crippen LogP contribution in [0.15, 0.2) is 24.3 Å². The Bertz CT molecular complexity index is 277. The van der Waals surface area contributed by atoms with Crippen molar-refractivity contribution in [2.75, 3.05) is 11.9 Å². The number of rotatable bonds is 3. The average Bonchev–Trinajstić information content (AvgIpc) is 3.00. The van der Waals surface area contributed by atoms with Crippen LogP contribution in [0.25, 0.3) is 0 Å². The summed E-state index contributed by atoms with van der Waals surface area (Å²) >= 11 is 3.45. The Labute approximate surface area is 87.9 Å². The monoisotopic (exact) mass is 239 g/mol. The molecule has 0 atom stereocenters. The normalized spacial score (nSPS) is 15.8. The van der Waals surface area contributed by atoms with E-state index in [4.69, 9.17) is 0 Å². The first-order valence-corrected chi connectivity index (χ1v) is 5.81. The molecule has 1 aromatic carbocycles. The number of alkyl halides is 1. The SMILES string of the molecule is CN(c1ccc(CBr)cc1)C1CC1. The summed E-state index contributed by atoms with van der Waals surface area (Å²) in [6.45, 7) is 0. The maximum Gasteiger partial charge on any atom is 0.0366 e. The van der Waals surface area contributed by atoms with Gasteiger partial charge in [-0.05, 0) is 30.5 Å². The minimum Gasteiger partial charge on any atom is -0.372 e. The van der Waals surface area contributed by atoms with Gasteiger partial charge in [0.25, 0.3) is 0 Å². The van der Waals surface area contributed by atoms with Crippen molar-refractivity contribution in [2.45, 2.75) is 24.2 Å². The Hall–Kier alpha value is -0.500. The first kappa shape index (κ1) is 9.07. The first-order chi connectivity index (χ1) is 6.31. The predicted molar refractivity (Wildman–Crippen MR) is 60.5 cm³/mol. The van der Waals surface area contributed by atoms with Crippen LogP contribution >= 0.6 is 15.9 Å². The fraction of sp³-hybridized carbons (Fsp3) is 0.455. The van der Waals surface area contributed by atoms with E-state index in [1.54, 1.807) is 0 Å². The molecule has 0 aromatic heterocycles. The predicted octanol–water partition coefficient (Wildman–Crippen LogP) is 3.18. The standard InChI is InChI=1S/C11H14BrN/c1-13(11-6-7-11)10-4-2-9(8-12)3-5-10/h2-5,11H,6-8H2,1H3. The van der Waals surface area contributed by atoms with E-state index < -0.39 is 0 Å². The number of nitrogens with zero attached hydrogens (tertiary/aromatic N) is 1. The molecule has 1 aliphatic rings. The third-order valence-corrected chi connectivity index (χ3v) is 3.24. The quantitative estimate of drug-likeness (QED) is 0.733. The summed E-state index contributed by atoms with van der Waals surface area (Å²) in [7, 11) is 2.18. The highest BCUT2D eigenvalue weighted by Crippen LogP contribution is 2.30. The Kier molecular flexibility index (Phi) is 2.58. The highest BCUT2D eigenvalue weighted by atomic mass is 79.9. The molecule has 2 rings (SSSR count). The van der Waals surface area contributed by atoms with Gasteiger partial charge in [-0.25, -0.2) is 0 Å². The summed E-state index contributed by atoms with van der Waals surface area (Å²) in [6.07, 6.45) is 2.72. The Balaban J connectivity index is 2.11. The van der Waals surface area contributed by atoms with Gasteiger partial charge in [-0.3, -0.25) is 0 Å². The van der Waals surface area contributed by atoms with Crippen molar-refractivity contribution in [3.63, 3.8) is 0 Å². The zero-order chi connectivity index (χ0) is 9.26. The van der Waals surface area contributed by atoms with Gasteiger partial charge in [0, 0.05) is 24.1 Å². The molecule has 0 saturated heterocycles. The van der Waals surface area contributed by atoms with E-state index in [1.165, 1.54) is 24.1 Å². The number of hydrogen-bond donors (Lipinski definition) is 0. The van der Waals surface area contributed by atoms with Crippen molar-refractivity contribution in [1.29, 1.82) is 0 Å².